The maximum absolute atomic E-state index is 11.4. The van der Waals surface area contributed by atoms with Crippen LogP contribution < -0.4 is 9.46 Å². The number of nitrogens with one attached hydrogen (secondary N) is 1. The Morgan fingerprint density at radius 1 is 1.19 bits per heavy atom. The Labute approximate surface area is 152 Å². The Morgan fingerprint density at radius 2 is 1.88 bits per heavy atom. The number of nitrogens with zero attached hydrogens (tertiary/aromatic N) is 2. The van der Waals surface area contributed by atoms with Crippen LogP contribution in [-0.4, -0.2) is 26.4 Å². The van der Waals surface area contributed by atoms with Crippen molar-refractivity contribution in [2.75, 3.05) is 18.1 Å². The van der Waals surface area contributed by atoms with E-state index < -0.39 is 10.0 Å². The minimum Gasteiger partial charge on any atom is -0.497 e. The molecule has 1 heterocycles. The van der Waals surface area contributed by atoms with E-state index in [9.17, 15) is 13.7 Å². The summed E-state index contributed by atoms with van der Waals surface area (Å²) < 4.78 is 32.5. The molecule has 6 nitrogen and oxygen atoms in total. The second-order valence-corrected chi connectivity index (χ2v) is 7.66. The molecule has 7 heteroatoms. The average Bonchev–Trinajstić information content (AvgIpc) is 2.93. The Balaban J connectivity index is 2.19. The fraction of sp³-hybridized carbons (Fsp3) is 0.211. The largest absolute Gasteiger partial charge is 0.497 e. The summed E-state index contributed by atoms with van der Waals surface area (Å²) in [7, 11) is -1.73. The number of sulfonamides is 1. The molecule has 1 aromatic heterocycles. The number of benzene rings is 2. The molecule has 26 heavy (non-hydrogen) atoms. The lowest BCUT2D eigenvalue weighted by Gasteiger charge is -2.10. The molecule has 0 radical (unpaired) electrons. The molecule has 0 aliphatic heterocycles. The summed E-state index contributed by atoms with van der Waals surface area (Å²) in [6.07, 6.45) is 1.11. The van der Waals surface area contributed by atoms with Crippen LogP contribution in [0.3, 0.4) is 0 Å². The minimum absolute atomic E-state index is 0.482. The van der Waals surface area contributed by atoms with E-state index in [2.05, 4.69) is 15.4 Å². The highest BCUT2D eigenvalue weighted by Gasteiger charge is 2.18. The van der Waals surface area contributed by atoms with E-state index >= 15 is 0 Å². The number of hydrogen-bond donors (Lipinski definition) is 1. The first-order valence-corrected chi connectivity index (χ1v) is 9.95. The number of nitriles is 1. The quantitative estimate of drug-likeness (QED) is 0.745. The van der Waals surface area contributed by atoms with E-state index in [1.165, 1.54) is 0 Å². The number of anilines is 1. The fourth-order valence-corrected chi connectivity index (χ4v) is 3.68. The van der Waals surface area contributed by atoms with E-state index in [1.807, 2.05) is 37.3 Å². The first-order chi connectivity index (χ1) is 12.4. The van der Waals surface area contributed by atoms with Gasteiger partial charge in [-0.25, -0.2) is 8.42 Å². The van der Waals surface area contributed by atoms with E-state index in [4.69, 9.17) is 4.74 Å². The number of aryl methyl sites for hydroxylation is 1. The van der Waals surface area contributed by atoms with Crippen LogP contribution in [0.15, 0.2) is 42.5 Å². The summed E-state index contributed by atoms with van der Waals surface area (Å²) in [5.74, 6) is 0.696. The maximum atomic E-state index is 11.4. The normalized spacial score (nSPS) is 11.3. The van der Waals surface area contributed by atoms with Gasteiger partial charge in [-0.3, -0.25) is 4.72 Å². The summed E-state index contributed by atoms with van der Waals surface area (Å²) in [5, 5.41) is 10.6. The SMILES string of the molecule is CCn1c(-c2ccc(NS(C)(=O)=O)cc2)c(C#N)c2cc(OC)ccc21. The molecule has 0 bridgehead atoms. The van der Waals surface area contributed by atoms with Gasteiger partial charge < -0.3 is 9.30 Å². The molecule has 0 fully saturated rings. The van der Waals surface area contributed by atoms with E-state index in [0.717, 1.165) is 28.4 Å². The lowest BCUT2D eigenvalue weighted by molar-refractivity contribution is 0.415. The van der Waals surface area contributed by atoms with Gasteiger partial charge in [0.25, 0.3) is 0 Å². The zero-order chi connectivity index (χ0) is 18.9. The van der Waals surface area contributed by atoms with Gasteiger partial charge in [0.15, 0.2) is 0 Å². The second kappa shape index (κ2) is 6.73. The van der Waals surface area contributed by atoms with Gasteiger partial charge in [0.2, 0.25) is 10.0 Å². The Bertz CT molecular complexity index is 1110. The van der Waals surface area contributed by atoms with Crippen molar-refractivity contribution in [3.05, 3.63) is 48.0 Å². The fourth-order valence-electron chi connectivity index (χ4n) is 3.11. The number of methoxy groups -OCH3 is 1. The number of aromatic nitrogens is 1. The summed E-state index contributed by atoms with van der Waals surface area (Å²) in [6.45, 7) is 2.72. The highest BCUT2D eigenvalue weighted by molar-refractivity contribution is 7.92. The van der Waals surface area contributed by atoms with Crippen LogP contribution in [-0.2, 0) is 16.6 Å². The predicted octanol–water partition coefficient (Wildman–Crippen LogP) is 3.58. The lowest BCUT2D eigenvalue weighted by Crippen LogP contribution is -2.09. The van der Waals surface area contributed by atoms with Crippen molar-refractivity contribution in [2.45, 2.75) is 13.5 Å². The molecule has 3 aromatic rings. The molecular weight excluding hydrogens is 350 g/mol. The van der Waals surface area contributed by atoms with E-state index in [-0.39, 0.29) is 0 Å². The van der Waals surface area contributed by atoms with Crippen LogP contribution >= 0.6 is 0 Å². The predicted molar refractivity (Wildman–Crippen MR) is 103 cm³/mol. The average molecular weight is 369 g/mol. The molecule has 0 amide bonds. The maximum Gasteiger partial charge on any atom is 0.229 e. The molecule has 0 aliphatic carbocycles. The van der Waals surface area contributed by atoms with Crippen molar-refractivity contribution < 1.29 is 13.2 Å². The molecule has 0 unspecified atom stereocenters. The zero-order valence-electron chi connectivity index (χ0n) is 14.8. The minimum atomic E-state index is -3.33. The summed E-state index contributed by atoms with van der Waals surface area (Å²) >= 11 is 0. The smallest absolute Gasteiger partial charge is 0.229 e. The van der Waals surface area contributed by atoms with Crippen LogP contribution in [0, 0.1) is 11.3 Å². The number of fused-ring (bicyclic) bond motifs is 1. The molecule has 3 rings (SSSR count). The first kappa shape index (κ1) is 17.8. The third kappa shape index (κ3) is 3.24. The van der Waals surface area contributed by atoms with Crippen LogP contribution in [0.2, 0.25) is 0 Å². The Hall–Kier alpha value is -2.98. The van der Waals surface area contributed by atoms with Gasteiger partial charge in [-0.15, -0.1) is 0 Å². The van der Waals surface area contributed by atoms with E-state index in [0.29, 0.717) is 23.5 Å². The Kier molecular flexibility index (Phi) is 4.62. The van der Waals surface area contributed by atoms with Crippen LogP contribution in [0.4, 0.5) is 5.69 Å². The highest BCUT2D eigenvalue weighted by atomic mass is 32.2. The molecule has 0 spiro atoms. The molecule has 134 valence electrons. The third-order valence-electron chi connectivity index (χ3n) is 4.16. The molecule has 0 saturated carbocycles. The molecule has 0 saturated heterocycles. The first-order valence-electron chi connectivity index (χ1n) is 8.06. The summed E-state index contributed by atoms with van der Waals surface area (Å²) in [5.41, 5.74) is 3.67. The molecular formula is C19H19N3O3S. The second-order valence-electron chi connectivity index (χ2n) is 5.91. The topological polar surface area (TPSA) is 84.1 Å². The molecule has 0 aliphatic rings. The molecule has 2 aromatic carbocycles. The van der Waals surface area contributed by atoms with Gasteiger partial charge in [0, 0.05) is 17.6 Å². The lowest BCUT2D eigenvalue weighted by atomic mass is 10.1. The molecule has 1 N–H and O–H groups in total. The monoisotopic (exact) mass is 369 g/mol. The van der Waals surface area contributed by atoms with E-state index in [1.54, 1.807) is 19.2 Å². The van der Waals surface area contributed by atoms with Crippen LogP contribution in [0.5, 0.6) is 5.75 Å². The van der Waals surface area contributed by atoms with Crippen molar-refractivity contribution in [3.63, 3.8) is 0 Å². The standard InChI is InChI=1S/C19H19N3O3S/c1-4-22-18-10-9-15(25-2)11-16(18)17(12-20)19(22)13-5-7-14(8-6-13)21-26(3,23)24/h5-11,21H,4H2,1-3H3. The van der Waals surface area contributed by atoms with Crippen molar-refractivity contribution in [2.24, 2.45) is 0 Å². The number of ether oxygens (including phenoxy) is 1. The van der Waals surface area contributed by atoms with Gasteiger partial charge >= 0.3 is 0 Å². The van der Waals surface area contributed by atoms with Gasteiger partial charge in [-0.2, -0.15) is 5.26 Å². The van der Waals surface area contributed by atoms with Crippen molar-refractivity contribution in [1.29, 1.82) is 5.26 Å². The number of rotatable bonds is 5. The Morgan fingerprint density at radius 3 is 2.42 bits per heavy atom. The van der Waals surface area contributed by atoms with Gasteiger partial charge in [-0.05, 0) is 42.8 Å². The van der Waals surface area contributed by atoms with Gasteiger partial charge in [0.05, 0.1) is 30.1 Å². The van der Waals surface area contributed by atoms with Crippen molar-refractivity contribution in [1.82, 2.24) is 4.57 Å². The molecule has 0 atom stereocenters. The van der Waals surface area contributed by atoms with Crippen molar-refractivity contribution in [3.8, 4) is 23.1 Å². The van der Waals surface area contributed by atoms with Gasteiger partial charge in [-0.1, -0.05) is 12.1 Å². The van der Waals surface area contributed by atoms with Crippen molar-refractivity contribution >= 4 is 26.6 Å². The van der Waals surface area contributed by atoms with Crippen LogP contribution in [0.1, 0.15) is 12.5 Å². The zero-order valence-corrected chi connectivity index (χ0v) is 15.6. The number of hydrogen-bond acceptors (Lipinski definition) is 4. The summed E-state index contributed by atoms with van der Waals surface area (Å²) in [6, 6.07) is 15.0. The highest BCUT2D eigenvalue weighted by Crippen LogP contribution is 2.35. The van der Waals surface area contributed by atoms with Crippen LogP contribution in [0.25, 0.3) is 22.2 Å². The third-order valence-corrected chi connectivity index (χ3v) is 4.77. The van der Waals surface area contributed by atoms with Gasteiger partial charge in [0.1, 0.15) is 11.8 Å². The summed E-state index contributed by atoms with van der Waals surface area (Å²) in [4.78, 5) is 0.